The van der Waals surface area contributed by atoms with Gasteiger partial charge in [-0.25, -0.2) is 0 Å². The number of terminal acetylenes is 1. The van der Waals surface area contributed by atoms with E-state index in [1.54, 1.807) is 11.8 Å². The minimum absolute atomic E-state index is 0.201. The summed E-state index contributed by atoms with van der Waals surface area (Å²) in [6, 6.07) is 0. The van der Waals surface area contributed by atoms with Crippen molar-refractivity contribution in [2.75, 3.05) is 13.6 Å². The number of allylic oxidation sites excluding steroid dienone is 2. The molecule has 2 rings (SSSR count). The number of likely N-dealkylation sites (N-methyl/N-ethyl adjacent to an activating group) is 1. The van der Waals surface area contributed by atoms with Crippen LogP contribution in [0.25, 0.3) is 0 Å². The molecule has 0 N–H and O–H groups in total. The molecule has 1 saturated heterocycles. The number of likely N-dealkylation sites (tertiary alicyclic amines) is 1. The van der Waals surface area contributed by atoms with Gasteiger partial charge in [-0.05, 0) is 31.3 Å². The highest BCUT2D eigenvalue weighted by molar-refractivity contribution is 6.02. The maximum absolute atomic E-state index is 11.8. The molecule has 0 aromatic heterocycles. The van der Waals surface area contributed by atoms with Crippen LogP contribution in [0, 0.1) is 24.2 Å². The quantitative estimate of drug-likeness (QED) is 0.609. The molecule has 1 amide bonds. The van der Waals surface area contributed by atoms with Crippen LogP contribution < -0.4 is 0 Å². The van der Waals surface area contributed by atoms with Gasteiger partial charge in [0, 0.05) is 19.2 Å². The molecule has 19 heavy (non-hydrogen) atoms. The molecule has 2 heteroatoms. The van der Waals surface area contributed by atoms with E-state index in [9.17, 15) is 4.79 Å². The van der Waals surface area contributed by atoms with Crippen molar-refractivity contribution >= 4 is 5.91 Å². The van der Waals surface area contributed by atoms with E-state index in [4.69, 9.17) is 0 Å². The second-order valence-electron chi connectivity index (χ2n) is 4.85. The van der Waals surface area contributed by atoms with E-state index < -0.39 is 0 Å². The molecule has 0 radical (unpaired) electrons. The predicted octanol–water partition coefficient (Wildman–Crippen LogP) is 3.65. The highest BCUT2D eigenvalue weighted by Crippen LogP contribution is 2.37. The third-order valence-corrected chi connectivity index (χ3v) is 3.62. The van der Waals surface area contributed by atoms with Gasteiger partial charge in [-0.2, -0.15) is 0 Å². The van der Waals surface area contributed by atoms with E-state index >= 15 is 0 Å². The van der Waals surface area contributed by atoms with Gasteiger partial charge in [0.25, 0.3) is 5.91 Å². The molecule has 0 bridgehead atoms. The van der Waals surface area contributed by atoms with Crippen molar-refractivity contribution in [2.24, 2.45) is 11.8 Å². The minimum atomic E-state index is 0.201. The second-order valence-corrected chi connectivity index (χ2v) is 4.85. The van der Waals surface area contributed by atoms with Crippen LogP contribution in [0.1, 0.15) is 41.5 Å². The summed E-state index contributed by atoms with van der Waals surface area (Å²) in [4.78, 5) is 13.6. The normalized spacial score (nSPS) is 24.4. The Balaban J connectivity index is 0.000000573. The van der Waals surface area contributed by atoms with Crippen LogP contribution in [0.3, 0.4) is 0 Å². The third-order valence-electron chi connectivity index (χ3n) is 3.62. The third kappa shape index (κ3) is 3.73. The van der Waals surface area contributed by atoms with Gasteiger partial charge in [0.15, 0.2) is 0 Å². The first-order valence-corrected chi connectivity index (χ1v) is 6.98. The first-order chi connectivity index (χ1) is 8.93. The van der Waals surface area contributed by atoms with Crippen LogP contribution >= 0.6 is 0 Å². The van der Waals surface area contributed by atoms with Gasteiger partial charge >= 0.3 is 0 Å². The van der Waals surface area contributed by atoms with Crippen molar-refractivity contribution in [3.8, 4) is 12.3 Å². The number of carbonyl (C=O) groups excluding carboxylic acids is 1. The van der Waals surface area contributed by atoms with Crippen molar-refractivity contribution in [1.29, 1.82) is 0 Å². The van der Waals surface area contributed by atoms with E-state index in [0.717, 1.165) is 12.1 Å². The zero-order valence-electron chi connectivity index (χ0n) is 13.4. The molecule has 0 aromatic carbocycles. The van der Waals surface area contributed by atoms with Gasteiger partial charge in [-0.3, -0.25) is 4.79 Å². The fraction of sp³-hybridized carbons (Fsp3) is 0.588. The van der Waals surface area contributed by atoms with Crippen molar-refractivity contribution in [3.63, 3.8) is 0 Å². The fourth-order valence-electron chi connectivity index (χ4n) is 2.38. The van der Waals surface area contributed by atoms with E-state index in [2.05, 4.69) is 39.2 Å². The number of hydrogen-bond donors (Lipinski definition) is 0. The number of rotatable bonds is 0. The monoisotopic (exact) mass is 261 g/mol. The summed E-state index contributed by atoms with van der Waals surface area (Å²) in [5, 5.41) is 0. The molecule has 1 heterocycles. The van der Waals surface area contributed by atoms with Crippen LogP contribution in [-0.4, -0.2) is 24.4 Å². The first kappa shape index (κ1) is 17.5. The van der Waals surface area contributed by atoms with Gasteiger partial charge in [-0.15, -0.1) is 12.3 Å². The molecule has 2 unspecified atom stereocenters. The summed E-state index contributed by atoms with van der Waals surface area (Å²) >= 11 is 0. The molecule has 1 fully saturated rings. The Morgan fingerprint density at radius 1 is 1.37 bits per heavy atom. The standard InChI is InChI=1S/C12H17NO.C3H4.C2H6/c1-7-5-10-6-13(4)12(14)11(10)9(3)8(7)2;1-3-2;1-2/h5,7-8H,6H2,1-4H3;1H,2H3;1-2H3. The lowest BCUT2D eigenvalue weighted by Crippen LogP contribution is -2.20. The van der Waals surface area contributed by atoms with Crippen molar-refractivity contribution in [2.45, 2.75) is 41.5 Å². The number of hydrogen-bond acceptors (Lipinski definition) is 1. The molecular weight excluding hydrogens is 234 g/mol. The molecule has 2 aliphatic rings. The summed E-state index contributed by atoms with van der Waals surface area (Å²) < 4.78 is 0. The average molecular weight is 261 g/mol. The van der Waals surface area contributed by atoms with Crippen LogP contribution in [0.5, 0.6) is 0 Å². The molecular formula is C17H27NO. The Labute approximate surface area is 118 Å². The van der Waals surface area contributed by atoms with Crippen molar-refractivity contribution in [1.82, 2.24) is 4.90 Å². The highest BCUT2D eigenvalue weighted by atomic mass is 16.2. The number of amides is 1. The Morgan fingerprint density at radius 3 is 2.32 bits per heavy atom. The summed E-state index contributed by atoms with van der Waals surface area (Å²) in [5.74, 6) is 3.52. The van der Waals surface area contributed by atoms with E-state index in [-0.39, 0.29) is 5.91 Å². The summed E-state index contributed by atoms with van der Waals surface area (Å²) in [6.45, 7) is 13.0. The van der Waals surface area contributed by atoms with Crippen LogP contribution in [-0.2, 0) is 4.79 Å². The largest absolute Gasteiger partial charge is 0.337 e. The average Bonchev–Trinajstić information content (AvgIpc) is 2.66. The number of fused-ring (bicyclic) bond motifs is 1. The Bertz CT molecular complexity index is 423. The smallest absolute Gasteiger partial charge is 0.254 e. The number of nitrogens with zero attached hydrogens (tertiary/aromatic N) is 1. The van der Waals surface area contributed by atoms with E-state index in [1.807, 2.05) is 20.9 Å². The van der Waals surface area contributed by atoms with Crippen molar-refractivity contribution in [3.05, 3.63) is 22.8 Å². The fourth-order valence-corrected chi connectivity index (χ4v) is 2.38. The molecule has 0 spiro atoms. The zero-order valence-corrected chi connectivity index (χ0v) is 13.4. The lowest BCUT2D eigenvalue weighted by Gasteiger charge is -2.24. The maximum Gasteiger partial charge on any atom is 0.254 e. The number of carbonyl (C=O) groups is 1. The molecule has 1 aliphatic carbocycles. The summed E-state index contributed by atoms with van der Waals surface area (Å²) in [6.07, 6.45) is 6.86. The van der Waals surface area contributed by atoms with Crippen LogP contribution in [0.2, 0.25) is 0 Å². The van der Waals surface area contributed by atoms with Gasteiger partial charge in [-0.1, -0.05) is 39.3 Å². The highest BCUT2D eigenvalue weighted by Gasteiger charge is 2.34. The Kier molecular flexibility index (Phi) is 7.22. The topological polar surface area (TPSA) is 20.3 Å². The SMILES string of the molecule is C#CC.CC.CC1=C2C(=O)N(C)CC2=CC(C)C1C. The molecule has 2 atom stereocenters. The molecule has 0 saturated carbocycles. The van der Waals surface area contributed by atoms with Gasteiger partial charge in [0.1, 0.15) is 0 Å². The molecule has 106 valence electrons. The Hall–Kier alpha value is -1.49. The van der Waals surface area contributed by atoms with Gasteiger partial charge in [0.05, 0.1) is 0 Å². The first-order valence-electron chi connectivity index (χ1n) is 6.98. The molecule has 1 aliphatic heterocycles. The maximum atomic E-state index is 11.8. The van der Waals surface area contributed by atoms with Crippen molar-refractivity contribution < 1.29 is 4.79 Å². The zero-order chi connectivity index (χ0) is 15.2. The summed E-state index contributed by atoms with van der Waals surface area (Å²) in [5.41, 5.74) is 3.49. The lowest BCUT2D eigenvalue weighted by molar-refractivity contribution is -0.123. The lowest BCUT2D eigenvalue weighted by atomic mass is 9.79. The minimum Gasteiger partial charge on any atom is -0.337 e. The van der Waals surface area contributed by atoms with Gasteiger partial charge in [0.2, 0.25) is 0 Å². The van der Waals surface area contributed by atoms with Crippen LogP contribution in [0.15, 0.2) is 22.8 Å². The Morgan fingerprint density at radius 2 is 1.84 bits per heavy atom. The predicted molar refractivity (Wildman–Crippen MR) is 82.6 cm³/mol. The second kappa shape index (κ2) is 7.84. The van der Waals surface area contributed by atoms with E-state index in [1.165, 1.54) is 11.1 Å². The molecule has 2 nitrogen and oxygen atoms in total. The van der Waals surface area contributed by atoms with Crippen LogP contribution in [0.4, 0.5) is 0 Å². The van der Waals surface area contributed by atoms with E-state index in [0.29, 0.717) is 11.8 Å². The summed E-state index contributed by atoms with van der Waals surface area (Å²) in [7, 11) is 1.87. The van der Waals surface area contributed by atoms with Gasteiger partial charge < -0.3 is 4.90 Å². The molecule has 0 aromatic rings.